The van der Waals surface area contributed by atoms with Crippen LogP contribution in [0, 0.1) is 20.7 Å². The van der Waals surface area contributed by atoms with Gasteiger partial charge in [-0.25, -0.2) is 4.57 Å². The average Bonchev–Trinajstić information content (AvgIpc) is 3.09. The van der Waals surface area contributed by atoms with Crippen molar-refractivity contribution in [2.45, 2.75) is 27.2 Å². The van der Waals surface area contributed by atoms with Gasteiger partial charge in [0.2, 0.25) is 5.69 Å². The second-order valence-electron chi connectivity index (χ2n) is 8.32. The summed E-state index contributed by atoms with van der Waals surface area (Å²) in [5.41, 5.74) is 5.35. The molecule has 0 radical (unpaired) electrons. The van der Waals surface area contributed by atoms with Crippen LogP contribution in [0.2, 0.25) is 6.55 Å². The Morgan fingerprint density at radius 2 is 1.60 bits per heavy atom. The second kappa shape index (κ2) is 6.78. The smallest absolute Gasteiger partial charge is 0.201 e. The number of aromatic nitrogens is 1. The summed E-state index contributed by atoms with van der Waals surface area (Å²) in [5.74, 6) is 0. The number of pyridine rings is 1. The molecule has 0 N–H and O–H groups in total. The van der Waals surface area contributed by atoms with Crippen molar-refractivity contribution in [3.63, 3.8) is 0 Å². The summed E-state index contributed by atoms with van der Waals surface area (Å²) in [4.78, 5) is 0. The molecule has 0 bridgehead atoms. The quantitative estimate of drug-likeness (QED) is 0.344. The Bertz CT molecular complexity index is 1450. The Labute approximate surface area is 187 Å². The number of fused-ring (bicyclic) bond motifs is 3. The molecule has 2 heterocycles. The first-order valence-electron chi connectivity index (χ1n) is 12.9. The minimum atomic E-state index is -2.48. The highest BCUT2D eigenvalue weighted by molar-refractivity contribution is 7.14. The van der Waals surface area contributed by atoms with Crippen LogP contribution in [0.25, 0.3) is 22.4 Å². The number of nitrogens with zero attached hydrogens (tertiary/aromatic N) is 1. The van der Waals surface area contributed by atoms with E-state index in [0.717, 1.165) is 16.7 Å². The van der Waals surface area contributed by atoms with Gasteiger partial charge in [0.25, 0.3) is 0 Å². The van der Waals surface area contributed by atoms with Gasteiger partial charge in [-0.1, -0.05) is 73.3 Å². The summed E-state index contributed by atoms with van der Waals surface area (Å²) >= 11 is 0. The Kier molecular flexibility index (Phi) is 3.19. The third kappa shape index (κ3) is 2.50. The number of rotatable bonds is 2. The molecule has 2 heteroatoms. The molecule has 0 saturated heterocycles. The molecule has 0 amide bonds. The first-order valence-corrected chi connectivity index (χ1v) is 12.7. The van der Waals surface area contributed by atoms with Crippen LogP contribution in [-0.4, -0.2) is 8.07 Å². The minimum absolute atomic E-state index is 0.0798. The van der Waals surface area contributed by atoms with E-state index in [2.05, 4.69) is 67.2 Å². The van der Waals surface area contributed by atoms with Crippen molar-refractivity contribution < 1.29 is 11.4 Å². The molecule has 0 spiro atoms. The van der Waals surface area contributed by atoms with Crippen molar-refractivity contribution in [3.05, 3.63) is 95.7 Å². The summed E-state index contributed by atoms with van der Waals surface area (Å²) in [5, 5.41) is 3.84. The standard InChI is InChI=1S/C28H28NSi/c1-19-17-18-29(4)27(21(19)3)26-20(2)15-16-24-23-13-9-10-14-25(23)30(5,28(24)26)22-11-7-6-8-12-22/h6-18H,1-5H3/q+1/i1D3,3D2. The molecular weight excluding hydrogens is 378 g/mol. The normalized spacial score (nSPS) is 19.9. The van der Waals surface area contributed by atoms with Crippen LogP contribution in [0.1, 0.15) is 23.5 Å². The lowest BCUT2D eigenvalue weighted by molar-refractivity contribution is -0.660. The van der Waals surface area contributed by atoms with Crippen molar-refractivity contribution in [1.82, 2.24) is 0 Å². The number of benzene rings is 3. The molecule has 3 aromatic carbocycles. The Hall–Kier alpha value is -2.97. The van der Waals surface area contributed by atoms with Crippen LogP contribution < -0.4 is 20.1 Å². The predicted molar refractivity (Wildman–Crippen MR) is 130 cm³/mol. The number of hydrogen-bond donors (Lipinski definition) is 0. The van der Waals surface area contributed by atoms with Crippen LogP contribution in [-0.2, 0) is 7.05 Å². The van der Waals surface area contributed by atoms with E-state index in [1.807, 2.05) is 24.6 Å². The highest BCUT2D eigenvalue weighted by atomic mass is 28.3. The van der Waals surface area contributed by atoms with Crippen molar-refractivity contribution in [3.8, 4) is 22.4 Å². The lowest BCUT2D eigenvalue weighted by Gasteiger charge is -2.28. The van der Waals surface area contributed by atoms with Gasteiger partial charge in [-0.05, 0) is 58.5 Å². The summed E-state index contributed by atoms with van der Waals surface area (Å²) in [7, 11) is -0.601. The summed E-state index contributed by atoms with van der Waals surface area (Å²) in [6, 6.07) is 25.0. The highest BCUT2D eigenvalue weighted by Crippen LogP contribution is 2.35. The molecule has 0 saturated carbocycles. The zero-order valence-corrected chi connectivity index (χ0v) is 18.5. The van der Waals surface area contributed by atoms with Crippen LogP contribution in [0.4, 0.5) is 0 Å². The number of aryl methyl sites for hydroxylation is 3. The molecule has 1 aromatic heterocycles. The van der Waals surface area contributed by atoms with Gasteiger partial charge in [0.15, 0.2) is 6.20 Å². The summed E-state index contributed by atoms with van der Waals surface area (Å²) in [6.07, 6.45) is 1.76. The molecule has 1 aliphatic heterocycles. The Balaban J connectivity index is 1.97. The molecular formula is C28H28NSi+. The third-order valence-corrected chi connectivity index (χ3v) is 11.1. The zero-order valence-electron chi connectivity index (χ0n) is 22.5. The molecule has 1 unspecified atom stereocenters. The van der Waals surface area contributed by atoms with Gasteiger partial charge in [0.05, 0.1) is 0 Å². The zero-order chi connectivity index (χ0) is 25.1. The van der Waals surface area contributed by atoms with E-state index in [-0.39, 0.29) is 11.1 Å². The average molecular weight is 412 g/mol. The van der Waals surface area contributed by atoms with E-state index in [1.165, 1.54) is 21.1 Å². The second-order valence-corrected chi connectivity index (χ2v) is 12.2. The topological polar surface area (TPSA) is 3.88 Å². The van der Waals surface area contributed by atoms with E-state index in [0.29, 0.717) is 5.69 Å². The van der Waals surface area contributed by atoms with Gasteiger partial charge < -0.3 is 0 Å². The molecule has 1 aliphatic rings. The predicted octanol–water partition coefficient (Wildman–Crippen LogP) is 4.18. The van der Waals surface area contributed by atoms with Crippen molar-refractivity contribution >= 4 is 23.6 Å². The molecule has 0 fully saturated rings. The first-order chi connectivity index (χ1) is 16.6. The van der Waals surface area contributed by atoms with E-state index in [9.17, 15) is 0 Å². The van der Waals surface area contributed by atoms with E-state index >= 15 is 0 Å². The summed E-state index contributed by atoms with van der Waals surface area (Å²) in [6.45, 7) is 0.569. The molecule has 1 atom stereocenters. The lowest BCUT2D eigenvalue weighted by Crippen LogP contribution is -2.63. The first kappa shape index (κ1) is 14.1. The van der Waals surface area contributed by atoms with Crippen molar-refractivity contribution in [1.29, 1.82) is 0 Å². The van der Waals surface area contributed by atoms with Gasteiger partial charge in [-0.2, -0.15) is 0 Å². The fourth-order valence-corrected chi connectivity index (χ4v) is 9.58. The summed E-state index contributed by atoms with van der Waals surface area (Å²) < 4.78 is 43.1. The maximum Gasteiger partial charge on any atom is 0.215 e. The van der Waals surface area contributed by atoms with Gasteiger partial charge >= 0.3 is 0 Å². The molecule has 148 valence electrons. The van der Waals surface area contributed by atoms with E-state index in [1.54, 1.807) is 12.3 Å². The fourth-order valence-electron chi connectivity index (χ4n) is 5.09. The van der Waals surface area contributed by atoms with Crippen LogP contribution in [0.15, 0.2) is 79.0 Å². The largest absolute Gasteiger partial charge is 0.215 e. The van der Waals surface area contributed by atoms with Gasteiger partial charge in [-0.15, -0.1) is 0 Å². The van der Waals surface area contributed by atoms with Gasteiger partial charge in [0, 0.05) is 24.0 Å². The fraction of sp³-hybridized carbons (Fsp3) is 0.179. The molecule has 1 nitrogen and oxygen atoms in total. The number of hydrogen-bond acceptors (Lipinski definition) is 0. The molecule has 4 aromatic rings. The minimum Gasteiger partial charge on any atom is -0.201 e. The Morgan fingerprint density at radius 1 is 0.833 bits per heavy atom. The highest BCUT2D eigenvalue weighted by Gasteiger charge is 2.46. The lowest BCUT2D eigenvalue weighted by atomic mass is 9.94. The van der Waals surface area contributed by atoms with Gasteiger partial charge in [-0.3, -0.25) is 0 Å². The van der Waals surface area contributed by atoms with Crippen LogP contribution in [0.3, 0.4) is 0 Å². The van der Waals surface area contributed by atoms with Crippen molar-refractivity contribution in [2.24, 2.45) is 7.05 Å². The third-order valence-electron chi connectivity index (χ3n) is 6.62. The molecule has 30 heavy (non-hydrogen) atoms. The van der Waals surface area contributed by atoms with Gasteiger partial charge in [0.1, 0.15) is 15.1 Å². The maximum absolute atomic E-state index is 8.40. The maximum atomic E-state index is 8.40. The van der Waals surface area contributed by atoms with Crippen LogP contribution >= 0.6 is 0 Å². The molecule has 5 rings (SSSR count). The monoisotopic (exact) mass is 411 g/mol. The van der Waals surface area contributed by atoms with E-state index < -0.39 is 21.8 Å². The van der Waals surface area contributed by atoms with Crippen molar-refractivity contribution in [2.75, 3.05) is 0 Å². The van der Waals surface area contributed by atoms with E-state index in [4.69, 9.17) is 6.85 Å². The Morgan fingerprint density at radius 3 is 2.37 bits per heavy atom. The SMILES string of the molecule is [2H]C([2H])c1c(C([2H])([2H])[2H])cc[n+](C)c1-c1c(C)ccc2c1[Si](C)(c1ccccc1)c1ccccc1-2. The molecule has 0 aliphatic carbocycles. The van der Waals surface area contributed by atoms with Crippen LogP contribution in [0.5, 0.6) is 0 Å².